The number of hydroxylamine groups is 2. The van der Waals surface area contributed by atoms with E-state index >= 15 is 0 Å². The molecule has 2 unspecified atom stereocenters. The van der Waals surface area contributed by atoms with Gasteiger partial charge in [0.25, 0.3) is 0 Å². The van der Waals surface area contributed by atoms with Crippen LogP contribution in [0, 0.1) is 0 Å². The van der Waals surface area contributed by atoms with E-state index in [1.165, 1.54) is 0 Å². The summed E-state index contributed by atoms with van der Waals surface area (Å²) >= 11 is 0. The molecule has 0 aromatic heterocycles. The van der Waals surface area contributed by atoms with E-state index in [-0.39, 0.29) is 25.6 Å². The minimum atomic E-state index is -5.07. The van der Waals surface area contributed by atoms with Crippen LogP contribution in [0.2, 0.25) is 0 Å². The van der Waals surface area contributed by atoms with Gasteiger partial charge < -0.3 is 19.0 Å². The van der Waals surface area contributed by atoms with Crippen molar-refractivity contribution < 1.29 is 37.0 Å². The van der Waals surface area contributed by atoms with Crippen LogP contribution in [0.3, 0.4) is 0 Å². The van der Waals surface area contributed by atoms with E-state index in [1.807, 2.05) is 97.1 Å². The summed E-state index contributed by atoms with van der Waals surface area (Å²) in [5, 5.41) is 3.22. The third kappa shape index (κ3) is 8.02. The maximum atomic E-state index is 12.8. The molecule has 0 spiro atoms. The maximum Gasteiger partial charge on any atom is 0.492 e. The van der Waals surface area contributed by atoms with Crippen LogP contribution in [-0.2, 0) is 21.0 Å². The van der Waals surface area contributed by atoms with Crippen molar-refractivity contribution in [2.75, 3.05) is 26.3 Å². The highest BCUT2D eigenvalue weighted by atomic mass is 19.4. The lowest BCUT2D eigenvalue weighted by Gasteiger charge is -2.37. The van der Waals surface area contributed by atoms with Gasteiger partial charge in [-0.25, -0.2) is 4.79 Å². The summed E-state index contributed by atoms with van der Waals surface area (Å²) in [4.78, 5) is 16.1. The molecule has 1 aliphatic heterocycles. The number of alkyl halides is 3. The van der Waals surface area contributed by atoms with Gasteiger partial charge in [-0.05, 0) is 58.7 Å². The molecule has 5 rings (SSSR count). The van der Waals surface area contributed by atoms with E-state index in [2.05, 4.69) is 4.84 Å². The molecule has 0 saturated carbocycles. The van der Waals surface area contributed by atoms with Gasteiger partial charge in [-0.3, -0.25) is 0 Å². The lowest BCUT2D eigenvalue weighted by molar-refractivity contribution is -0.248. The number of hydrogen-bond acceptors (Lipinski definition) is 6. The molecule has 0 radical (unpaired) electrons. The Labute approximate surface area is 242 Å². The average molecular weight is 580 g/mol. The first-order chi connectivity index (χ1) is 20.3. The van der Waals surface area contributed by atoms with Crippen molar-refractivity contribution in [3.63, 3.8) is 0 Å². The monoisotopic (exact) mass is 579 g/mol. The topological polar surface area (TPSA) is 57.2 Å². The van der Waals surface area contributed by atoms with Gasteiger partial charge in [-0.15, -0.1) is 5.06 Å². The lowest BCUT2D eigenvalue weighted by atomic mass is 9.87. The predicted molar refractivity (Wildman–Crippen MR) is 152 cm³/mol. The van der Waals surface area contributed by atoms with Gasteiger partial charge in [-0.1, -0.05) is 66.7 Å². The van der Waals surface area contributed by atoms with Crippen molar-refractivity contribution in [3.8, 4) is 11.5 Å². The highest BCUT2D eigenvalue weighted by Crippen LogP contribution is 2.33. The molecular formula is C33H32F3NO5. The van der Waals surface area contributed by atoms with Crippen molar-refractivity contribution in [3.05, 3.63) is 108 Å². The van der Waals surface area contributed by atoms with Gasteiger partial charge in [0, 0.05) is 18.9 Å². The van der Waals surface area contributed by atoms with Gasteiger partial charge in [0.1, 0.15) is 11.5 Å². The van der Waals surface area contributed by atoms with E-state index in [9.17, 15) is 18.0 Å². The van der Waals surface area contributed by atoms with Crippen molar-refractivity contribution in [1.82, 2.24) is 5.06 Å². The minimum Gasteiger partial charge on any atom is -0.493 e. The molecule has 0 bridgehead atoms. The molecule has 4 aromatic carbocycles. The molecule has 6 nitrogen and oxygen atoms in total. The molecule has 4 aromatic rings. The number of piperidine rings is 1. The molecular weight excluding hydrogens is 547 g/mol. The van der Waals surface area contributed by atoms with Crippen LogP contribution in [0.5, 0.6) is 11.5 Å². The zero-order valence-electron chi connectivity index (χ0n) is 23.0. The van der Waals surface area contributed by atoms with Crippen molar-refractivity contribution in [2.45, 2.75) is 37.6 Å². The zero-order chi connectivity index (χ0) is 29.4. The van der Waals surface area contributed by atoms with Crippen LogP contribution >= 0.6 is 0 Å². The summed E-state index contributed by atoms with van der Waals surface area (Å²) in [5.74, 6) is -0.813. The molecule has 1 heterocycles. The highest BCUT2D eigenvalue weighted by Gasteiger charge is 2.44. The molecule has 0 amide bonds. The smallest absolute Gasteiger partial charge is 0.492 e. The molecule has 1 aliphatic rings. The number of ether oxygens (including phenoxy) is 3. The Morgan fingerprint density at radius 3 is 2.19 bits per heavy atom. The lowest BCUT2D eigenvalue weighted by Crippen LogP contribution is -2.46. The summed E-state index contributed by atoms with van der Waals surface area (Å²) in [7, 11) is 0. The van der Waals surface area contributed by atoms with E-state index in [0.717, 1.165) is 39.1 Å². The molecule has 220 valence electrons. The Balaban J connectivity index is 1.20. The normalized spacial score (nSPS) is 17.6. The van der Waals surface area contributed by atoms with E-state index in [0.29, 0.717) is 25.4 Å². The molecule has 1 fully saturated rings. The first-order valence-electron chi connectivity index (χ1n) is 13.9. The van der Waals surface area contributed by atoms with Crippen LogP contribution in [0.15, 0.2) is 97.1 Å². The fourth-order valence-electron chi connectivity index (χ4n) is 4.99. The Morgan fingerprint density at radius 2 is 1.48 bits per heavy atom. The van der Waals surface area contributed by atoms with Crippen LogP contribution < -0.4 is 9.47 Å². The van der Waals surface area contributed by atoms with Gasteiger partial charge in [0.15, 0.2) is 0 Å². The van der Waals surface area contributed by atoms with Gasteiger partial charge in [-0.2, -0.15) is 13.2 Å². The number of para-hydroxylation sites is 1. The van der Waals surface area contributed by atoms with Crippen LogP contribution in [0.1, 0.15) is 29.9 Å². The van der Waals surface area contributed by atoms with Crippen LogP contribution in [0.4, 0.5) is 13.2 Å². The fraction of sp³-hybridized carbons (Fsp3) is 0.303. The van der Waals surface area contributed by atoms with Crippen molar-refractivity contribution in [1.29, 1.82) is 0 Å². The predicted octanol–water partition coefficient (Wildman–Crippen LogP) is 7.08. The Morgan fingerprint density at radius 1 is 0.810 bits per heavy atom. The molecule has 2 atom stereocenters. The molecule has 0 N–H and O–H groups in total. The average Bonchev–Trinajstić information content (AvgIpc) is 3.00. The number of rotatable bonds is 11. The summed E-state index contributed by atoms with van der Waals surface area (Å²) in [6.45, 7) is 1.46. The number of benzene rings is 4. The van der Waals surface area contributed by atoms with E-state index < -0.39 is 18.2 Å². The number of carbonyl (C=O) groups is 1. The Kier molecular flexibility index (Phi) is 9.61. The van der Waals surface area contributed by atoms with E-state index in [1.54, 1.807) is 0 Å². The molecule has 1 saturated heterocycles. The first kappa shape index (κ1) is 29.4. The number of hydrogen-bond donors (Lipinski definition) is 0. The second kappa shape index (κ2) is 13.7. The summed E-state index contributed by atoms with van der Waals surface area (Å²) in [6.07, 6.45) is -4.41. The quantitative estimate of drug-likeness (QED) is 0.177. The fourth-order valence-corrected chi connectivity index (χ4v) is 4.99. The minimum absolute atomic E-state index is 0.0136. The van der Waals surface area contributed by atoms with Crippen molar-refractivity contribution in [2.24, 2.45) is 0 Å². The summed E-state index contributed by atoms with van der Waals surface area (Å²) < 4.78 is 56.3. The largest absolute Gasteiger partial charge is 0.493 e. The van der Waals surface area contributed by atoms with Gasteiger partial charge >= 0.3 is 12.1 Å². The zero-order valence-corrected chi connectivity index (χ0v) is 23.0. The second-order valence-corrected chi connectivity index (χ2v) is 10.1. The number of carbonyl (C=O) groups excluding carboxylic acids is 1. The third-order valence-electron chi connectivity index (χ3n) is 7.12. The summed E-state index contributed by atoms with van der Waals surface area (Å²) in [6, 6.07) is 31.2. The van der Waals surface area contributed by atoms with Crippen LogP contribution in [0.25, 0.3) is 10.8 Å². The summed E-state index contributed by atoms with van der Waals surface area (Å²) in [5.41, 5.74) is 1.91. The molecule has 0 aliphatic carbocycles. The molecule has 42 heavy (non-hydrogen) atoms. The number of fused-ring (bicyclic) bond motifs is 1. The van der Waals surface area contributed by atoms with E-state index in [4.69, 9.17) is 14.2 Å². The van der Waals surface area contributed by atoms with Gasteiger partial charge in [0.2, 0.25) is 0 Å². The van der Waals surface area contributed by atoms with Crippen LogP contribution in [-0.4, -0.2) is 49.6 Å². The Hall–Kier alpha value is -4.08. The van der Waals surface area contributed by atoms with Gasteiger partial charge in [0.05, 0.1) is 32.5 Å². The standard InChI is InChI=1S/C33H32F3NO5/c34-33(35,36)32(38)42-37-18-17-30(31(22-37)41-23-24-11-12-25-7-4-5-8-27(25)21-24)26-13-15-29(16-14-26)40-20-6-19-39-28-9-2-1-3-10-28/h1-5,7-16,21,30-31H,6,17-20,22-23H2. The SMILES string of the molecule is O=C(ON1CCC(c2ccc(OCCCOc3ccccc3)cc2)C(OCc2ccc3ccccc3c2)C1)C(F)(F)F. The first-order valence-corrected chi connectivity index (χ1v) is 13.9. The Bertz CT molecular complexity index is 1450. The second-order valence-electron chi connectivity index (χ2n) is 10.1. The maximum absolute atomic E-state index is 12.8. The molecule has 9 heteroatoms. The number of halogens is 3. The van der Waals surface area contributed by atoms with Crippen molar-refractivity contribution >= 4 is 16.7 Å². The highest BCUT2D eigenvalue weighted by molar-refractivity contribution is 5.82. The third-order valence-corrected chi connectivity index (χ3v) is 7.12. The number of nitrogens with zero attached hydrogens (tertiary/aromatic N) is 1.